The smallest absolute Gasteiger partial charge is 0.161 e. The molecule has 16 heavy (non-hydrogen) atoms. The van der Waals surface area contributed by atoms with Gasteiger partial charge >= 0.3 is 0 Å². The van der Waals surface area contributed by atoms with Crippen LogP contribution in [0.3, 0.4) is 0 Å². The maximum absolute atomic E-state index is 5.56. The summed E-state index contributed by atoms with van der Waals surface area (Å²) >= 11 is 0. The molecule has 0 saturated heterocycles. The molecule has 0 heterocycles. The van der Waals surface area contributed by atoms with E-state index in [1.54, 1.807) is 0 Å². The molecule has 0 aromatic heterocycles. The Hall–Kier alpha value is -1.66. The Morgan fingerprint density at radius 2 is 2.12 bits per heavy atom. The van der Waals surface area contributed by atoms with Crippen molar-refractivity contribution in [3.63, 3.8) is 0 Å². The first-order valence-corrected chi connectivity index (χ1v) is 5.33. The van der Waals surface area contributed by atoms with E-state index in [4.69, 9.17) is 21.6 Å². The Morgan fingerprint density at radius 3 is 2.75 bits per heavy atom. The van der Waals surface area contributed by atoms with Crippen LogP contribution in [0.4, 0.5) is 0 Å². The summed E-state index contributed by atoms with van der Waals surface area (Å²) in [6.07, 6.45) is 5.74. The summed E-state index contributed by atoms with van der Waals surface area (Å²) in [5.74, 6) is 3.97. The fourth-order valence-electron chi connectivity index (χ4n) is 1.29. The van der Waals surface area contributed by atoms with Gasteiger partial charge in [0.2, 0.25) is 0 Å². The molecule has 0 aliphatic heterocycles. The van der Waals surface area contributed by atoms with Crippen LogP contribution in [0.25, 0.3) is 0 Å². The maximum atomic E-state index is 5.56. The number of nitrogens with two attached hydrogens (primary N) is 1. The Kier molecular flexibility index (Phi) is 5.24. The minimum absolute atomic E-state index is 0.491. The lowest BCUT2D eigenvalue weighted by Crippen LogP contribution is -2.02. The molecule has 1 aromatic carbocycles. The van der Waals surface area contributed by atoms with Gasteiger partial charge in [0.05, 0.1) is 13.2 Å². The van der Waals surface area contributed by atoms with Gasteiger partial charge in [0.25, 0.3) is 0 Å². The summed E-state index contributed by atoms with van der Waals surface area (Å²) in [5, 5.41) is 0. The standard InChI is InChI=1S/C13H17NO2/c1-3-5-8-16-12-7-6-11(10-14)9-13(12)15-4-2/h1,6-7,9H,4-5,8,10,14H2,2H3. The third-order valence-electron chi connectivity index (χ3n) is 2.05. The fraction of sp³-hybridized carbons (Fsp3) is 0.385. The Balaban J connectivity index is 2.77. The molecule has 0 atom stereocenters. The maximum Gasteiger partial charge on any atom is 0.161 e. The topological polar surface area (TPSA) is 44.5 Å². The van der Waals surface area contributed by atoms with Crippen molar-refractivity contribution in [3.8, 4) is 23.8 Å². The minimum atomic E-state index is 0.491. The zero-order chi connectivity index (χ0) is 11.8. The number of rotatable bonds is 6. The molecule has 0 radical (unpaired) electrons. The van der Waals surface area contributed by atoms with E-state index in [2.05, 4.69) is 5.92 Å². The molecule has 0 aliphatic rings. The molecule has 0 unspecified atom stereocenters. The second-order valence-corrected chi connectivity index (χ2v) is 3.22. The van der Waals surface area contributed by atoms with Crippen molar-refractivity contribution in [1.29, 1.82) is 0 Å². The average molecular weight is 219 g/mol. The van der Waals surface area contributed by atoms with Crippen molar-refractivity contribution in [3.05, 3.63) is 23.8 Å². The summed E-state index contributed by atoms with van der Waals surface area (Å²) in [7, 11) is 0. The molecule has 3 heteroatoms. The number of ether oxygens (including phenoxy) is 2. The lowest BCUT2D eigenvalue weighted by Gasteiger charge is -2.12. The van der Waals surface area contributed by atoms with E-state index in [0.29, 0.717) is 31.9 Å². The predicted molar refractivity (Wildman–Crippen MR) is 64.4 cm³/mol. The van der Waals surface area contributed by atoms with Gasteiger partial charge in [-0.3, -0.25) is 0 Å². The quantitative estimate of drug-likeness (QED) is 0.587. The van der Waals surface area contributed by atoms with Crippen LogP contribution in [0, 0.1) is 12.3 Å². The van der Waals surface area contributed by atoms with E-state index in [0.717, 1.165) is 11.3 Å². The lowest BCUT2D eigenvalue weighted by molar-refractivity contribution is 0.281. The van der Waals surface area contributed by atoms with Gasteiger partial charge in [0, 0.05) is 13.0 Å². The van der Waals surface area contributed by atoms with Crippen molar-refractivity contribution < 1.29 is 9.47 Å². The third kappa shape index (κ3) is 3.48. The zero-order valence-electron chi connectivity index (χ0n) is 9.53. The van der Waals surface area contributed by atoms with Gasteiger partial charge in [-0.05, 0) is 24.6 Å². The third-order valence-corrected chi connectivity index (χ3v) is 2.05. The highest BCUT2D eigenvalue weighted by Gasteiger charge is 2.05. The second kappa shape index (κ2) is 6.76. The summed E-state index contributed by atoms with van der Waals surface area (Å²) in [6.45, 7) is 3.52. The van der Waals surface area contributed by atoms with Crippen LogP contribution >= 0.6 is 0 Å². The number of hydrogen-bond acceptors (Lipinski definition) is 3. The number of benzene rings is 1. The molecule has 1 rings (SSSR count). The highest BCUT2D eigenvalue weighted by atomic mass is 16.5. The van der Waals surface area contributed by atoms with Crippen LogP contribution in [-0.4, -0.2) is 13.2 Å². The molecule has 0 amide bonds. The zero-order valence-corrected chi connectivity index (χ0v) is 9.53. The minimum Gasteiger partial charge on any atom is -0.490 e. The van der Waals surface area contributed by atoms with Crippen LogP contribution in [0.2, 0.25) is 0 Å². The van der Waals surface area contributed by atoms with Gasteiger partial charge in [-0.2, -0.15) is 0 Å². The van der Waals surface area contributed by atoms with Crippen LogP contribution in [0.1, 0.15) is 18.9 Å². The van der Waals surface area contributed by atoms with Crippen molar-refractivity contribution >= 4 is 0 Å². The Morgan fingerprint density at radius 1 is 1.31 bits per heavy atom. The average Bonchev–Trinajstić information content (AvgIpc) is 2.31. The van der Waals surface area contributed by atoms with Crippen molar-refractivity contribution in [2.45, 2.75) is 19.9 Å². The van der Waals surface area contributed by atoms with Gasteiger partial charge in [-0.25, -0.2) is 0 Å². The van der Waals surface area contributed by atoms with Gasteiger partial charge < -0.3 is 15.2 Å². The molecule has 0 saturated carbocycles. The SMILES string of the molecule is C#CCCOc1ccc(CN)cc1OCC. The Labute approximate surface area is 96.6 Å². The summed E-state index contributed by atoms with van der Waals surface area (Å²) in [6, 6.07) is 5.69. The van der Waals surface area contributed by atoms with Crippen LogP contribution in [-0.2, 0) is 6.54 Å². The van der Waals surface area contributed by atoms with Crippen LogP contribution in [0.5, 0.6) is 11.5 Å². The summed E-state index contributed by atoms with van der Waals surface area (Å²) < 4.78 is 11.0. The van der Waals surface area contributed by atoms with E-state index in [-0.39, 0.29) is 0 Å². The predicted octanol–water partition coefficient (Wildman–Crippen LogP) is 1.95. The molecular formula is C13H17NO2. The molecule has 86 valence electrons. The largest absolute Gasteiger partial charge is 0.490 e. The summed E-state index contributed by atoms with van der Waals surface area (Å²) in [5.41, 5.74) is 6.58. The molecule has 0 spiro atoms. The van der Waals surface area contributed by atoms with E-state index >= 15 is 0 Å². The molecule has 0 fully saturated rings. The number of terminal acetylenes is 1. The van der Waals surface area contributed by atoms with E-state index in [1.807, 2.05) is 25.1 Å². The first kappa shape index (κ1) is 12.4. The summed E-state index contributed by atoms with van der Waals surface area (Å²) in [4.78, 5) is 0. The monoisotopic (exact) mass is 219 g/mol. The first-order valence-electron chi connectivity index (χ1n) is 5.33. The highest BCUT2D eigenvalue weighted by molar-refractivity contribution is 5.43. The van der Waals surface area contributed by atoms with Crippen molar-refractivity contribution in [1.82, 2.24) is 0 Å². The van der Waals surface area contributed by atoms with E-state index in [9.17, 15) is 0 Å². The second-order valence-electron chi connectivity index (χ2n) is 3.22. The van der Waals surface area contributed by atoms with E-state index < -0.39 is 0 Å². The Bertz CT molecular complexity index is 369. The highest BCUT2D eigenvalue weighted by Crippen LogP contribution is 2.28. The molecular weight excluding hydrogens is 202 g/mol. The van der Waals surface area contributed by atoms with Gasteiger partial charge in [-0.1, -0.05) is 6.07 Å². The van der Waals surface area contributed by atoms with Crippen LogP contribution < -0.4 is 15.2 Å². The van der Waals surface area contributed by atoms with E-state index in [1.165, 1.54) is 0 Å². The normalized spacial score (nSPS) is 9.56. The molecule has 3 nitrogen and oxygen atoms in total. The van der Waals surface area contributed by atoms with Crippen molar-refractivity contribution in [2.75, 3.05) is 13.2 Å². The fourth-order valence-corrected chi connectivity index (χ4v) is 1.29. The van der Waals surface area contributed by atoms with Gasteiger partial charge in [-0.15, -0.1) is 12.3 Å². The van der Waals surface area contributed by atoms with Gasteiger partial charge in [0.15, 0.2) is 11.5 Å². The molecule has 0 aliphatic carbocycles. The van der Waals surface area contributed by atoms with Crippen LogP contribution in [0.15, 0.2) is 18.2 Å². The number of hydrogen-bond donors (Lipinski definition) is 1. The molecule has 0 bridgehead atoms. The molecule has 2 N–H and O–H groups in total. The lowest BCUT2D eigenvalue weighted by atomic mass is 10.2. The van der Waals surface area contributed by atoms with Crippen molar-refractivity contribution in [2.24, 2.45) is 5.73 Å². The van der Waals surface area contributed by atoms with Gasteiger partial charge in [0.1, 0.15) is 0 Å². The first-order chi connectivity index (χ1) is 7.81. The molecule has 1 aromatic rings.